The van der Waals surface area contributed by atoms with Crippen LogP contribution < -0.4 is 0 Å². The average Bonchev–Trinajstić information content (AvgIpc) is 3.15. The van der Waals surface area contributed by atoms with Crippen molar-refractivity contribution in [3.8, 4) is 5.69 Å². The fourth-order valence-electron chi connectivity index (χ4n) is 1.77. The summed E-state index contributed by atoms with van der Waals surface area (Å²) in [5.41, 5.74) is 0.533. The van der Waals surface area contributed by atoms with Crippen molar-refractivity contribution in [2.24, 2.45) is 0 Å². The van der Waals surface area contributed by atoms with Gasteiger partial charge in [0.2, 0.25) is 0 Å². The van der Waals surface area contributed by atoms with Crippen LogP contribution in [0.4, 0.5) is 0 Å². The summed E-state index contributed by atoms with van der Waals surface area (Å²) in [6, 6.07) is 1.71. The van der Waals surface area contributed by atoms with Gasteiger partial charge in [0.15, 0.2) is 6.61 Å². The van der Waals surface area contributed by atoms with Gasteiger partial charge in [-0.15, -0.1) is 16.4 Å². The van der Waals surface area contributed by atoms with Gasteiger partial charge in [-0.2, -0.15) is 4.68 Å². The number of amides is 1. The number of tetrazole rings is 1. The maximum absolute atomic E-state index is 12.1. The minimum absolute atomic E-state index is 0.214. The summed E-state index contributed by atoms with van der Waals surface area (Å²) < 4.78 is 6.44. The number of aromatic nitrogens is 4. The Labute approximate surface area is 125 Å². The Bertz CT molecular complexity index is 606. The molecule has 8 nitrogen and oxygen atoms in total. The van der Waals surface area contributed by atoms with Crippen molar-refractivity contribution in [3.05, 3.63) is 22.7 Å². The van der Waals surface area contributed by atoms with Crippen molar-refractivity contribution in [1.29, 1.82) is 0 Å². The second kappa shape index (κ2) is 6.93. The Kier molecular flexibility index (Phi) is 4.99. The van der Waals surface area contributed by atoms with Gasteiger partial charge in [-0.3, -0.25) is 4.79 Å². The second-order valence-corrected chi connectivity index (χ2v) is 4.95. The molecule has 0 bridgehead atoms. The van der Waals surface area contributed by atoms with Crippen LogP contribution in [0.3, 0.4) is 0 Å². The number of likely N-dealkylation sites (N-methyl/N-ethyl adjacent to an activating group) is 1. The van der Waals surface area contributed by atoms with E-state index in [4.69, 9.17) is 4.74 Å². The Morgan fingerprint density at radius 1 is 1.38 bits per heavy atom. The van der Waals surface area contributed by atoms with Crippen molar-refractivity contribution < 1.29 is 14.3 Å². The van der Waals surface area contributed by atoms with Crippen LogP contribution >= 0.6 is 11.3 Å². The Morgan fingerprint density at radius 3 is 2.76 bits per heavy atom. The number of hydrogen-bond donors (Lipinski definition) is 0. The Balaban J connectivity index is 2.02. The van der Waals surface area contributed by atoms with Crippen LogP contribution in [0.2, 0.25) is 0 Å². The number of ether oxygens (including phenoxy) is 1. The SMILES string of the molecule is CCN(CC)C(=O)COC(=O)c1sccc1-n1cnnn1. The average molecular weight is 309 g/mol. The lowest BCUT2D eigenvalue weighted by molar-refractivity contribution is -0.134. The standard InChI is InChI=1S/C12H15N5O3S/c1-3-16(4-2)10(18)7-20-12(19)11-9(5-6-21-11)17-8-13-14-15-17/h5-6,8H,3-4,7H2,1-2H3. The summed E-state index contributed by atoms with van der Waals surface area (Å²) in [7, 11) is 0. The highest BCUT2D eigenvalue weighted by atomic mass is 32.1. The quantitative estimate of drug-likeness (QED) is 0.731. The first-order valence-corrected chi connectivity index (χ1v) is 7.31. The normalized spacial score (nSPS) is 10.4. The van der Waals surface area contributed by atoms with E-state index < -0.39 is 5.97 Å². The summed E-state index contributed by atoms with van der Waals surface area (Å²) in [5.74, 6) is -0.773. The third kappa shape index (κ3) is 3.43. The maximum Gasteiger partial charge on any atom is 0.351 e. The van der Waals surface area contributed by atoms with Gasteiger partial charge in [0, 0.05) is 13.1 Å². The smallest absolute Gasteiger partial charge is 0.351 e. The molecule has 0 unspecified atom stereocenters. The van der Waals surface area contributed by atoms with Gasteiger partial charge < -0.3 is 9.64 Å². The monoisotopic (exact) mass is 309 g/mol. The van der Waals surface area contributed by atoms with E-state index in [1.165, 1.54) is 22.3 Å². The number of rotatable bonds is 6. The summed E-state index contributed by atoms with van der Waals surface area (Å²) in [6.07, 6.45) is 1.39. The van der Waals surface area contributed by atoms with Gasteiger partial charge in [0.05, 0.1) is 5.69 Å². The highest BCUT2D eigenvalue weighted by molar-refractivity contribution is 7.12. The number of nitrogens with zero attached hydrogens (tertiary/aromatic N) is 5. The molecule has 0 saturated carbocycles. The minimum atomic E-state index is -0.559. The molecule has 0 saturated heterocycles. The first-order valence-electron chi connectivity index (χ1n) is 6.43. The predicted molar refractivity (Wildman–Crippen MR) is 75.2 cm³/mol. The van der Waals surface area contributed by atoms with E-state index in [1.54, 1.807) is 16.3 Å². The van der Waals surface area contributed by atoms with Crippen molar-refractivity contribution >= 4 is 23.2 Å². The van der Waals surface area contributed by atoms with Gasteiger partial charge >= 0.3 is 5.97 Å². The van der Waals surface area contributed by atoms with E-state index in [2.05, 4.69) is 15.5 Å². The highest BCUT2D eigenvalue weighted by Gasteiger charge is 2.19. The first kappa shape index (κ1) is 15.1. The second-order valence-electron chi connectivity index (χ2n) is 4.03. The third-order valence-electron chi connectivity index (χ3n) is 2.87. The largest absolute Gasteiger partial charge is 0.451 e. The molecule has 0 fully saturated rings. The number of esters is 1. The summed E-state index contributed by atoms with van der Waals surface area (Å²) in [6.45, 7) is 4.65. The van der Waals surface area contributed by atoms with Crippen LogP contribution in [0.25, 0.3) is 5.69 Å². The molecule has 21 heavy (non-hydrogen) atoms. The molecule has 0 aliphatic heterocycles. The predicted octanol–water partition coefficient (Wildman–Crippen LogP) is 0.749. The van der Waals surface area contributed by atoms with E-state index >= 15 is 0 Å². The number of carbonyl (C=O) groups excluding carboxylic acids is 2. The Morgan fingerprint density at radius 2 is 2.14 bits per heavy atom. The van der Waals surface area contributed by atoms with Crippen LogP contribution in [0.1, 0.15) is 23.5 Å². The molecule has 0 spiro atoms. The molecule has 0 radical (unpaired) electrons. The van der Waals surface area contributed by atoms with Crippen LogP contribution in [0.5, 0.6) is 0 Å². The van der Waals surface area contributed by atoms with Crippen molar-refractivity contribution in [2.45, 2.75) is 13.8 Å². The molecule has 2 heterocycles. The van der Waals surface area contributed by atoms with Gasteiger partial charge in [0.1, 0.15) is 11.2 Å². The fraction of sp³-hybridized carbons (Fsp3) is 0.417. The zero-order valence-corrected chi connectivity index (χ0v) is 12.5. The third-order valence-corrected chi connectivity index (χ3v) is 3.75. The summed E-state index contributed by atoms with van der Waals surface area (Å²) in [5, 5.41) is 12.5. The number of hydrogen-bond acceptors (Lipinski definition) is 7. The van der Waals surface area contributed by atoms with Crippen LogP contribution in [-0.2, 0) is 9.53 Å². The van der Waals surface area contributed by atoms with E-state index in [9.17, 15) is 9.59 Å². The zero-order valence-electron chi connectivity index (χ0n) is 11.7. The van der Waals surface area contributed by atoms with E-state index in [0.717, 1.165) is 0 Å². The van der Waals surface area contributed by atoms with Crippen molar-refractivity contribution in [1.82, 2.24) is 25.1 Å². The first-order chi connectivity index (χ1) is 10.2. The fourth-order valence-corrected chi connectivity index (χ4v) is 2.54. The molecule has 112 valence electrons. The molecule has 2 aromatic heterocycles. The lowest BCUT2D eigenvalue weighted by Gasteiger charge is -2.18. The van der Waals surface area contributed by atoms with E-state index in [0.29, 0.717) is 23.7 Å². The van der Waals surface area contributed by atoms with Gasteiger partial charge in [-0.25, -0.2) is 4.79 Å². The number of carbonyl (C=O) groups is 2. The molecule has 0 aliphatic rings. The molecule has 0 N–H and O–H groups in total. The molecule has 0 aromatic carbocycles. The van der Waals surface area contributed by atoms with Crippen LogP contribution in [-0.4, -0.2) is 56.7 Å². The minimum Gasteiger partial charge on any atom is -0.451 e. The number of thiophene rings is 1. The van der Waals surface area contributed by atoms with E-state index in [-0.39, 0.29) is 12.5 Å². The molecule has 9 heteroatoms. The lowest BCUT2D eigenvalue weighted by Crippen LogP contribution is -2.34. The summed E-state index contributed by atoms with van der Waals surface area (Å²) in [4.78, 5) is 25.8. The zero-order chi connectivity index (χ0) is 15.2. The van der Waals surface area contributed by atoms with Gasteiger partial charge in [-0.05, 0) is 35.7 Å². The van der Waals surface area contributed by atoms with Crippen molar-refractivity contribution in [2.75, 3.05) is 19.7 Å². The molecule has 0 atom stereocenters. The molecular formula is C12H15N5O3S. The molecule has 2 aromatic rings. The van der Waals surface area contributed by atoms with Crippen molar-refractivity contribution in [3.63, 3.8) is 0 Å². The molecule has 0 aliphatic carbocycles. The van der Waals surface area contributed by atoms with Gasteiger partial charge in [0.25, 0.3) is 5.91 Å². The molecule has 1 amide bonds. The van der Waals surface area contributed by atoms with E-state index in [1.807, 2.05) is 13.8 Å². The Hall–Kier alpha value is -2.29. The molecular weight excluding hydrogens is 294 g/mol. The highest BCUT2D eigenvalue weighted by Crippen LogP contribution is 2.20. The summed E-state index contributed by atoms with van der Waals surface area (Å²) >= 11 is 1.21. The lowest BCUT2D eigenvalue weighted by atomic mass is 10.4. The van der Waals surface area contributed by atoms with Gasteiger partial charge in [-0.1, -0.05) is 0 Å². The maximum atomic E-state index is 12.1. The van der Waals surface area contributed by atoms with Crippen LogP contribution in [0.15, 0.2) is 17.8 Å². The van der Waals surface area contributed by atoms with Crippen LogP contribution in [0, 0.1) is 0 Å². The topological polar surface area (TPSA) is 90.2 Å². The molecule has 2 rings (SSSR count).